The minimum absolute atomic E-state index is 0.127. The third kappa shape index (κ3) is 5.13. The van der Waals surface area contributed by atoms with E-state index < -0.39 is 67.0 Å². The Balaban J connectivity index is 1.37. The molecule has 2 atom stereocenters. The van der Waals surface area contributed by atoms with E-state index in [2.05, 4.69) is 0 Å². The number of alkyl halides is 3. The van der Waals surface area contributed by atoms with E-state index in [1.165, 1.54) is 12.1 Å². The molecule has 1 aliphatic heterocycles. The lowest BCUT2D eigenvalue weighted by Crippen LogP contribution is -2.51. The molecule has 42 heavy (non-hydrogen) atoms. The fraction of sp³-hybridized carbons (Fsp3) is 0.267. The van der Waals surface area contributed by atoms with Crippen LogP contribution < -0.4 is 5.73 Å². The second-order valence-electron chi connectivity index (χ2n) is 10.2. The molecule has 1 saturated heterocycles. The van der Waals surface area contributed by atoms with Crippen LogP contribution in [0.2, 0.25) is 0 Å². The Labute approximate surface area is 237 Å². The molecule has 0 aromatic heterocycles. The number of hydrogen-bond acceptors (Lipinski definition) is 5. The van der Waals surface area contributed by atoms with Gasteiger partial charge in [0.2, 0.25) is 17.4 Å². The highest BCUT2D eigenvalue weighted by molar-refractivity contribution is 6.15. The van der Waals surface area contributed by atoms with Crippen LogP contribution in [-0.4, -0.2) is 58.8 Å². The van der Waals surface area contributed by atoms with E-state index in [4.69, 9.17) is 10.5 Å². The highest BCUT2D eigenvalue weighted by Gasteiger charge is 2.59. The van der Waals surface area contributed by atoms with Crippen LogP contribution in [-0.2, 0) is 37.7 Å². The molecule has 0 bridgehead atoms. The van der Waals surface area contributed by atoms with Gasteiger partial charge >= 0.3 is 6.18 Å². The van der Waals surface area contributed by atoms with Crippen molar-refractivity contribution in [3.8, 4) is 11.1 Å². The summed E-state index contributed by atoms with van der Waals surface area (Å²) in [5.41, 5.74) is 6.17. The van der Waals surface area contributed by atoms with Crippen molar-refractivity contribution < 1.29 is 41.5 Å². The molecule has 3 amide bonds. The van der Waals surface area contributed by atoms with Crippen molar-refractivity contribution in [2.24, 2.45) is 5.73 Å². The van der Waals surface area contributed by atoms with E-state index in [0.29, 0.717) is 27.2 Å². The molecule has 3 aromatic carbocycles. The zero-order chi connectivity index (χ0) is 30.4. The summed E-state index contributed by atoms with van der Waals surface area (Å²) in [6, 6.07) is 14.0. The number of ether oxygens (including phenoxy) is 1. The first-order chi connectivity index (χ1) is 19.8. The number of carbonyl (C=O) groups excluding carboxylic acids is 4. The number of carbonyl (C=O) groups is 4. The third-order valence-corrected chi connectivity index (χ3v) is 7.61. The molecule has 0 saturated carbocycles. The largest absolute Gasteiger partial charge is 0.408 e. The minimum Gasteiger partial charge on any atom is -0.366 e. The summed E-state index contributed by atoms with van der Waals surface area (Å²) in [5.74, 6) is -3.56. The molecular weight excluding hydrogens is 558 g/mol. The topological polar surface area (TPSA) is 110 Å². The Bertz CT molecular complexity index is 1570. The zero-order valence-corrected chi connectivity index (χ0v) is 22.3. The third-order valence-electron chi connectivity index (χ3n) is 7.61. The van der Waals surface area contributed by atoms with Crippen molar-refractivity contribution >= 4 is 23.5 Å². The second-order valence-corrected chi connectivity index (χ2v) is 10.2. The first-order valence-corrected chi connectivity index (χ1v) is 12.9. The van der Waals surface area contributed by atoms with Crippen LogP contribution in [0.1, 0.15) is 34.0 Å². The number of amides is 3. The number of hydrogen-bond donors (Lipinski definition) is 1. The van der Waals surface area contributed by atoms with Crippen molar-refractivity contribution in [2.75, 3.05) is 13.3 Å². The van der Waals surface area contributed by atoms with Crippen LogP contribution >= 0.6 is 0 Å². The molecule has 2 aliphatic rings. The van der Waals surface area contributed by atoms with Crippen molar-refractivity contribution in [1.82, 2.24) is 9.80 Å². The maximum Gasteiger partial charge on any atom is 0.408 e. The lowest BCUT2D eigenvalue weighted by Gasteiger charge is -2.32. The van der Waals surface area contributed by atoms with Crippen molar-refractivity contribution in [1.29, 1.82) is 0 Å². The SMILES string of the molecule is CC(N(Cc1ccc(F)cc1)C(=O)CN1CO[C@]2(C(=O)Cc3cc(-c4ccc(C(N)=O)cc4)ccc32)C1=O)C(F)(F)F. The molecule has 5 rings (SSSR count). The summed E-state index contributed by atoms with van der Waals surface area (Å²) in [6.45, 7) is -0.883. The quantitative estimate of drug-likeness (QED) is 0.337. The number of rotatable bonds is 7. The molecule has 1 unspecified atom stereocenters. The maximum atomic E-state index is 13.7. The van der Waals surface area contributed by atoms with E-state index in [0.717, 1.165) is 29.5 Å². The number of nitrogens with two attached hydrogens (primary N) is 1. The average Bonchev–Trinajstić information content (AvgIpc) is 3.43. The van der Waals surface area contributed by atoms with Crippen LogP contribution in [0.5, 0.6) is 0 Å². The first kappa shape index (κ1) is 28.9. The summed E-state index contributed by atoms with van der Waals surface area (Å²) in [4.78, 5) is 52.8. The number of benzene rings is 3. The van der Waals surface area contributed by atoms with Gasteiger partial charge in [0.15, 0.2) is 5.78 Å². The van der Waals surface area contributed by atoms with Gasteiger partial charge in [0, 0.05) is 24.1 Å². The normalized spacial score (nSPS) is 18.8. The van der Waals surface area contributed by atoms with Crippen LogP contribution in [0.4, 0.5) is 17.6 Å². The smallest absolute Gasteiger partial charge is 0.366 e. The predicted molar refractivity (Wildman–Crippen MR) is 141 cm³/mol. The van der Waals surface area contributed by atoms with Crippen LogP contribution in [0.15, 0.2) is 66.7 Å². The molecule has 1 heterocycles. The van der Waals surface area contributed by atoms with E-state index in [-0.39, 0.29) is 12.0 Å². The number of halogens is 4. The summed E-state index contributed by atoms with van der Waals surface area (Å²) in [6.07, 6.45) is -4.89. The van der Waals surface area contributed by atoms with Crippen molar-refractivity contribution in [2.45, 2.75) is 37.7 Å². The Kier molecular flexibility index (Phi) is 7.35. The first-order valence-electron chi connectivity index (χ1n) is 12.9. The van der Waals surface area contributed by atoms with Gasteiger partial charge in [0.25, 0.3) is 5.91 Å². The Morgan fingerprint density at radius 1 is 1.02 bits per heavy atom. The van der Waals surface area contributed by atoms with Crippen LogP contribution in [0, 0.1) is 5.82 Å². The monoisotopic (exact) mass is 583 g/mol. The molecule has 1 fully saturated rings. The van der Waals surface area contributed by atoms with Gasteiger partial charge in [-0.25, -0.2) is 4.39 Å². The molecule has 1 aliphatic carbocycles. The Morgan fingerprint density at radius 3 is 2.29 bits per heavy atom. The minimum atomic E-state index is -4.76. The van der Waals surface area contributed by atoms with E-state index >= 15 is 0 Å². The lowest BCUT2D eigenvalue weighted by atomic mass is 9.92. The van der Waals surface area contributed by atoms with Gasteiger partial charge in [-0.05, 0) is 53.4 Å². The Morgan fingerprint density at radius 2 is 1.67 bits per heavy atom. The zero-order valence-electron chi connectivity index (χ0n) is 22.3. The summed E-state index contributed by atoms with van der Waals surface area (Å²) in [7, 11) is 0. The number of ketones is 1. The van der Waals surface area contributed by atoms with E-state index in [1.807, 2.05) is 0 Å². The molecule has 3 aromatic rings. The van der Waals surface area contributed by atoms with Crippen molar-refractivity contribution in [3.63, 3.8) is 0 Å². The second kappa shape index (κ2) is 10.7. The molecule has 8 nitrogen and oxygen atoms in total. The van der Waals surface area contributed by atoms with E-state index in [9.17, 15) is 36.7 Å². The van der Waals surface area contributed by atoms with Gasteiger partial charge < -0.3 is 20.3 Å². The standard InChI is InChI=1S/C30H25F4N3O5/c1-17(30(32,33)34)37(14-18-2-9-23(31)10-3-18)26(39)15-36-16-42-29(28(36)41)24-11-8-21(12-22(24)13-25(29)38)19-4-6-20(7-5-19)27(35)40/h2-12,17H,13-16H2,1H3,(H2,35,40)/t17?,29-/m1/s1. The summed E-state index contributed by atoms with van der Waals surface area (Å²) in [5, 5.41) is 0. The van der Waals surface area contributed by atoms with Gasteiger partial charge in [-0.3, -0.25) is 19.2 Å². The number of primary amides is 1. The van der Waals surface area contributed by atoms with Gasteiger partial charge in [-0.2, -0.15) is 13.2 Å². The average molecular weight is 584 g/mol. The molecule has 12 heteroatoms. The maximum absolute atomic E-state index is 13.7. The summed E-state index contributed by atoms with van der Waals surface area (Å²) >= 11 is 0. The molecule has 2 N–H and O–H groups in total. The number of fused-ring (bicyclic) bond motifs is 2. The fourth-order valence-corrected chi connectivity index (χ4v) is 5.22. The predicted octanol–water partition coefficient (Wildman–Crippen LogP) is 3.71. The number of Topliss-reactive ketones (excluding diaryl/α,β-unsaturated/α-hetero) is 1. The highest BCUT2D eigenvalue weighted by atomic mass is 19.4. The molecule has 0 radical (unpaired) electrons. The van der Waals surface area contributed by atoms with E-state index in [1.54, 1.807) is 42.5 Å². The fourth-order valence-electron chi connectivity index (χ4n) is 5.22. The van der Waals surface area contributed by atoms with Crippen molar-refractivity contribution in [3.05, 3.63) is 94.8 Å². The summed E-state index contributed by atoms with van der Waals surface area (Å²) < 4.78 is 60.0. The van der Waals surface area contributed by atoms with Crippen LogP contribution in [0.3, 0.4) is 0 Å². The molecular formula is C30H25F4N3O5. The molecule has 1 spiro atoms. The molecule has 218 valence electrons. The van der Waals surface area contributed by atoms with Gasteiger partial charge in [-0.1, -0.05) is 42.5 Å². The lowest BCUT2D eigenvalue weighted by molar-refractivity contribution is -0.187. The van der Waals surface area contributed by atoms with Gasteiger partial charge in [0.1, 0.15) is 25.1 Å². The van der Waals surface area contributed by atoms with Crippen LogP contribution in [0.25, 0.3) is 11.1 Å². The Hall–Kier alpha value is -4.58. The van der Waals surface area contributed by atoms with Gasteiger partial charge in [-0.15, -0.1) is 0 Å². The number of nitrogens with zero attached hydrogens (tertiary/aromatic N) is 2. The highest BCUT2D eigenvalue weighted by Crippen LogP contribution is 2.43. The van der Waals surface area contributed by atoms with Gasteiger partial charge in [0.05, 0.1) is 0 Å².